The van der Waals surface area contributed by atoms with Crippen molar-refractivity contribution in [1.82, 2.24) is 10.2 Å². The first-order chi connectivity index (χ1) is 10.1. The number of nitrogens with zero attached hydrogens (tertiary/aromatic N) is 1. The third-order valence-electron chi connectivity index (χ3n) is 3.35. The largest absolute Gasteiger partial charge is 0.491 e. The Labute approximate surface area is 126 Å². The van der Waals surface area contributed by atoms with Gasteiger partial charge in [0, 0.05) is 6.54 Å². The van der Waals surface area contributed by atoms with Gasteiger partial charge in [-0.3, -0.25) is 0 Å². The molecule has 1 fully saturated rings. The molecule has 0 aromatic heterocycles. The average Bonchev–Trinajstić information content (AvgIpc) is 2.84. The highest BCUT2D eigenvalue weighted by atomic mass is 16.6. The summed E-state index contributed by atoms with van der Waals surface area (Å²) in [7, 11) is 0. The summed E-state index contributed by atoms with van der Waals surface area (Å²) in [6.07, 6.45) is -0.0579. The fraction of sp³-hybridized carbons (Fsp3) is 0.562. The molecule has 1 N–H and O–H groups in total. The highest BCUT2D eigenvalue weighted by molar-refractivity contribution is 5.69. The number of rotatable bonds is 7. The van der Waals surface area contributed by atoms with Crippen LogP contribution in [-0.2, 0) is 4.74 Å². The molecule has 1 amide bonds. The van der Waals surface area contributed by atoms with Crippen LogP contribution in [0.3, 0.4) is 0 Å². The monoisotopic (exact) mass is 292 g/mol. The van der Waals surface area contributed by atoms with E-state index in [1.165, 1.54) is 0 Å². The molecule has 0 spiro atoms. The van der Waals surface area contributed by atoms with Gasteiger partial charge in [-0.25, -0.2) is 4.79 Å². The predicted molar refractivity (Wildman–Crippen MR) is 81.5 cm³/mol. The van der Waals surface area contributed by atoms with E-state index in [9.17, 15) is 4.79 Å². The number of carbonyl (C=O) groups is 1. The summed E-state index contributed by atoms with van der Waals surface area (Å²) >= 11 is 0. The summed E-state index contributed by atoms with van der Waals surface area (Å²) < 4.78 is 10.6. The van der Waals surface area contributed by atoms with Gasteiger partial charge in [0.05, 0.1) is 18.7 Å². The number of hydrogen-bond acceptors (Lipinski definition) is 4. The van der Waals surface area contributed by atoms with Crippen molar-refractivity contribution in [2.24, 2.45) is 0 Å². The van der Waals surface area contributed by atoms with Gasteiger partial charge in [-0.15, -0.1) is 0 Å². The van der Waals surface area contributed by atoms with Gasteiger partial charge in [0.15, 0.2) is 0 Å². The van der Waals surface area contributed by atoms with Crippen LogP contribution in [0.25, 0.3) is 0 Å². The molecule has 1 aromatic carbocycles. The standard InChI is InChI=1S/C16H24N2O3/c1-4-17-15(11-18-9-10-20-16(18)19)13-5-7-14(8-6-13)21-12(2)3/h5-8,12,15,17H,4,9-11H2,1-3H3. The van der Waals surface area contributed by atoms with Crippen LogP contribution in [0.15, 0.2) is 24.3 Å². The molecule has 5 nitrogen and oxygen atoms in total. The fourth-order valence-corrected chi connectivity index (χ4v) is 2.40. The number of hydrogen-bond donors (Lipinski definition) is 1. The normalized spacial score (nSPS) is 16.2. The molecule has 1 heterocycles. The number of ether oxygens (including phenoxy) is 2. The smallest absolute Gasteiger partial charge is 0.410 e. The summed E-state index contributed by atoms with van der Waals surface area (Å²) in [5.41, 5.74) is 1.15. The summed E-state index contributed by atoms with van der Waals surface area (Å²) in [4.78, 5) is 13.3. The summed E-state index contributed by atoms with van der Waals surface area (Å²) in [6, 6.07) is 8.15. The Morgan fingerprint density at radius 2 is 2.05 bits per heavy atom. The van der Waals surface area contributed by atoms with E-state index in [4.69, 9.17) is 9.47 Å². The van der Waals surface area contributed by atoms with Crippen molar-refractivity contribution in [2.75, 3.05) is 26.2 Å². The second-order valence-electron chi connectivity index (χ2n) is 5.41. The van der Waals surface area contributed by atoms with E-state index in [-0.39, 0.29) is 18.2 Å². The van der Waals surface area contributed by atoms with Crippen molar-refractivity contribution in [3.63, 3.8) is 0 Å². The first-order valence-corrected chi connectivity index (χ1v) is 7.52. The molecule has 0 bridgehead atoms. The molecule has 5 heteroatoms. The minimum atomic E-state index is -0.224. The van der Waals surface area contributed by atoms with Gasteiger partial charge in [0.25, 0.3) is 0 Å². The third kappa shape index (κ3) is 4.36. The van der Waals surface area contributed by atoms with Crippen molar-refractivity contribution in [3.8, 4) is 5.75 Å². The number of amides is 1. The molecule has 1 unspecified atom stereocenters. The lowest BCUT2D eigenvalue weighted by molar-refractivity contribution is 0.156. The van der Waals surface area contributed by atoms with Crippen LogP contribution in [-0.4, -0.2) is 43.3 Å². The molecule has 0 radical (unpaired) electrons. The van der Waals surface area contributed by atoms with E-state index >= 15 is 0 Å². The molecule has 1 saturated heterocycles. The summed E-state index contributed by atoms with van der Waals surface area (Å²) in [5.74, 6) is 0.865. The van der Waals surface area contributed by atoms with Crippen LogP contribution in [0.5, 0.6) is 5.75 Å². The Hall–Kier alpha value is -1.75. The van der Waals surface area contributed by atoms with Crippen LogP contribution in [0.2, 0.25) is 0 Å². The molecule has 0 aliphatic carbocycles. The van der Waals surface area contributed by atoms with Crippen LogP contribution < -0.4 is 10.1 Å². The van der Waals surface area contributed by atoms with Gasteiger partial charge in [-0.1, -0.05) is 19.1 Å². The Balaban J connectivity index is 2.04. The van der Waals surface area contributed by atoms with Crippen molar-refractivity contribution >= 4 is 6.09 Å². The Morgan fingerprint density at radius 1 is 1.33 bits per heavy atom. The second kappa shape index (κ2) is 7.31. The zero-order chi connectivity index (χ0) is 15.2. The zero-order valence-electron chi connectivity index (χ0n) is 13.0. The second-order valence-corrected chi connectivity index (χ2v) is 5.41. The van der Waals surface area contributed by atoms with Crippen molar-refractivity contribution in [2.45, 2.75) is 32.9 Å². The highest BCUT2D eigenvalue weighted by Gasteiger charge is 2.25. The van der Waals surface area contributed by atoms with Crippen molar-refractivity contribution < 1.29 is 14.3 Å². The highest BCUT2D eigenvalue weighted by Crippen LogP contribution is 2.20. The van der Waals surface area contributed by atoms with Crippen LogP contribution in [0.1, 0.15) is 32.4 Å². The number of likely N-dealkylation sites (N-methyl/N-ethyl adjacent to an activating group) is 1. The molecular formula is C16H24N2O3. The third-order valence-corrected chi connectivity index (χ3v) is 3.35. The average molecular weight is 292 g/mol. The van der Waals surface area contributed by atoms with Gasteiger partial charge >= 0.3 is 6.09 Å². The molecule has 2 rings (SSSR count). The van der Waals surface area contributed by atoms with Crippen LogP contribution in [0.4, 0.5) is 4.79 Å². The molecule has 116 valence electrons. The molecule has 1 aromatic rings. The minimum Gasteiger partial charge on any atom is -0.491 e. The topological polar surface area (TPSA) is 50.8 Å². The quantitative estimate of drug-likeness (QED) is 0.839. The maximum absolute atomic E-state index is 11.6. The Morgan fingerprint density at radius 3 is 2.57 bits per heavy atom. The van der Waals surface area contributed by atoms with Crippen molar-refractivity contribution in [1.29, 1.82) is 0 Å². The minimum absolute atomic E-state index is 0.105. The van der Waals surface area contributed by atoms with E-state index in [2.05, 4.69) is 12.2 Å². The molecule has 1 atom stereocenters. The maximum Gasteiger partial charge on any atom is 0.410 e. The fourth-order valence-electron chi connectivity index (χ4n) is 2.40. The maximum atomic E-state index is 11.6. The van der Waals surface area contributed by atoms with Gasteiger partial charge in [-0.2, -0.15) is 0 Å². The van der Waals surface area contributed by atoms with Gasteiger partial charge in [-0.05, 0) is 38.1 Å². The molecule has 1 aliphatic heterocycles. The van der Waals surface area contributed by atoms with Crippen molar-refractivity contribution in [3.05, 3.63) is 29.8 Å². The summed E-state index contributed by atoms with van der Waals surface area (Å²) in [5, 5.41) is 3.42. The van der Waals surface area contributed by atoms with E-state index in [0.717, 1.165) is 17.9 Å². The Bertz CT molecular complexity index is 459. The molecule has 1 aliphatic rings. The zero-order valence-corrected chi connectivity index (χ0v) is 13.0. The van der Waals surface area contributed by atoms with E-state index < -0.39 is 0 Å². The predicted octanol–water partition coefficient (Wildman–Crippen LogP) is 2.58. The SMILES string of the molecule is CCNC(CN1CCOC1=O)c1ccc(OC(C)C)cc1. The lowest BCUT2D eigenvalue weighted by Gasteiger charge is -2.23. The van der Waals surface area contributed by atoms with E-state index in [1.54, 1.807) is 4.90 Å². The van der Waals surface area contributed by atoms with Gasteiger partial charge in [0.2, 0.25) is 0 Å². The first kappa shape index (κ1) is 15.6. The van der Waals surface area contributed by atoms with Gasteiger partial charge in [0.1, 0.15) is 12.4 Å². The number of benzene rings is 1. The number of nitrogens with one attached hydrogen (secondary N) is 1. The van der Waals surface area contributed by atoms with E-state index in [0.29, 0.717) is 19.7 Å². The molecular weight excluding hydrogens is 268 g/mol. The van der Waals surface area contributed by atoms with E-state index in [1.807, 2.05) is 38.1 Å². The van der Waals surface area contributed by atoms with Gasteiger partial charge < -0.3 is 19.7 Å². The number of cyclic esters (lactones) is 1. The number of carbonyl (C=O) groups excluding carboxylic acids is 1. The summed E-state index contributed by atoms with van der Waals surface area (Å²) in [6.45, 7) is 8.69. The first-order valence-electron chi connectivity index (χ1n) is 7.52. The van der Waals surface area contributed by atoms with Crippen LogP contribution >= 0.6 is 0 Å². The Kier molecular flexibility index (Phi) is 5.44. The van der Waals surface area contributed by atoms with Crippen LogP contribution in [0, 0.1) is 0 Å². The molecule has 21 heavy (non-hydrogen) atoms. The molecule has 0 saturated carbocycles. The lowest BCUT2D eigenvalue weighted by Crippen LogP contribution is -2.35. The lowest BCUT2D eigenvalue weighted by atomic mass is 10.1.